The van der Waals surface area contributed by atoms with Crippen LogP contribution < -0.4 is 10.6 Å². The zero-order valence-corrected chi connectivity index (χ0v) is 36.7. The van der Waals surface area contributed by atoms with Gasteiger partial charge in [0.2, 0.25) is 11.8 Å². The Labute approximate surface area is 361 Å². The summed E-state index contributed by atoms with van der Waals surface area (Å²) in [5.41, 5.74) is 5.50. The summed E-state index contributed by atoms with van der Waals surface area (Å²) in [7, 11) is 2.57. The van der Waals surface area contributed by atoms with Gasteiger partial charge in [0, 0.05) is 17.6 Å². The maximum atomic E-state index is 13.9. The summed E-state index contributed by atoms with van der Waals surface area (Å²) in [6, 6.07) is 18.7. The molecular formula is C46H55ClN8O6. The minimum atomic E-state index is -0.742. The van der Waals surface area contributed by atoms with Gasteiger partial charge < -0.3 is 39.9 Å². The van der Waals surface area contributed by atoms with Gasteiger partial charge in [-0.05, 0) is 91.0 Å². The number of aromatic nitrogens is 4. The van der Waals surface area contributed by atoms with E-state index >= 15 is 0 Å². The number of hydrogen-bond donors (Lipinski definition) is 4. The lowest BCUT2D eigenvalue weighted by atomic mass is 9.98. The van der Waals surface area contributed by atoms with Crippen molar-refractivity contribution in [2.45, 2.75) is 103 Å². The topological polar surface area (TPSA) is 175 Å². The molecule has 0 radical (unpaired) electrons. The second kappa shape index (κ2) is 18.0. The second-order valence-corrected chi connectivity index (χ2v) is 17.3. The quantitative estimate of drug-likeness (QED) is 0.102. The van der Waals surface area contributed by atoms with Crippen LogP contribution in [-0.2, 0) is 19.1 Å². The SMILES string of the molecule is COC(=O)N[C@H](C(=O)N1[C@@H](C)CC[C@H]1c1ncc(-c2ccc(-c3ccc4cc(-c5[nH]c([C@@H]6CC[C@H](C)N6C(=O)[C@@H](NC(=O)OC)C(C)C)nc5Cl)ccc4c3)cc2)[nH]1)C(C)C. The Morgan fingerprint density at radius 3 is 1.67 bits per heavy atom. The summed E-state index contributed by atoms with van der Waals surface area (Å²) in [6.07, 6.45) is 3.63. The zero-order chi connectivity index (χ0) is 43.7. The molecule has 2 fully saturated rings. The molecule has 4 heterocycles. The number of nitrogens with zero attached hydrogens (tertiary/aromatic N) is 4. The molecular weight excluding hydrogens is 796 g/mol. The Morgan fingerprint density at radius 2 is 1.15 bits per heavy atom. The van der Waals surface area contributed by atoms with Crippen molar-refractivity contribution in [2.75, 3.05) is 14.2 Å². The van der Waals surface area contributed by atoms with Crippen LogP contribution in [0.2, 0.25) is 5.15 Å². The summed E-state index contributed by atoms with van der Waals surface area (Å²) in [6.45, 7) is 11.6. The number of likely N-dealkylation sites (tertiary alicyclic amines) is 2. The molecule has 5 aromatic rings. The maximum absolute atomic E-state index is 13.9. The third-order valence-corrected chi connectivity index (χ3v) is 12.5. The van der Waals surface area contributed by atoms with E-state index in [2.05, 4.69) is 75.2 Å². The van der Waals surface area contributed by atoms with Crippen LogP contribution in [0.4, 0.5) is 9.59 Å². The Bertz CT molecular complexity index is 2410. The van der Waals surface area contributed by atoms with Gasteiger partial charge in [-0.3, -0.25) is 9.59 Å². The first-order chi connectivity index (χ1) is 29.2. The fourth-order valence-corrected chi connectivity index (χ4v) is 9.01. The van der Waals surface area contributed by atoms with E-state index in [1.165, 1.54) is 14.2 Å². The monoisotopic (exact) mass is 850 g/mol. The van der Waals surface area contributed by atoms with Crippen LogP contribution in [0.5, 0.6) is 0 Å². The van der Waals surface area contributed by atoms with Crippen LogP contribution in [0, 0.1) is 11.8 Å². The van der Waals surface area contributed by atoms with Gasteiger partial charge in [-0.2, -0.15) is 0 Å². The Hall–Kier alpha value is -5.89. The van der Waals surface area contributed by atoms with E-state index in [1.807, 2.05) is 63.6 Å². The molecule has 0 spiro atoms. The van der Waals surface area contributed by atoms with Crippen molar-refractivity contribution < 1.29 is 28.7 Å². The molecule has 0 unspecified atom stereocenters. The van der Waals surface area contributed by atoms with E-state index in [9.17, 15) is 19.2 Å². The molecule has 3 aromatic carbocycles. The molecule has 4 N–H and O–H groups in total. The summed E-state index contributed by atoms with van der Waals surface area (Å²) >= 11 is 6.78. The standard InChI is InChI=1S/C46H55ClN8O6/c1-24(2)37(51-45(58)60-7)43(56)54-26(5)9-19-35(54)41-48-23-34(49-41)29-13-11-28(12-14-29)30-15-16-32-22-33(18-17-31(32)21-30)39-40(47)53-42(50-39)36-20-10-27(6)55(36)44(57)38(25(3)4)52-46(59)61-8/h11-18,21-27,35-38H,9-10,19-20H2,1-8H3,(H,48,49)(H,50,53)(H,51,58)(H,52,59)/t26-,27-,35-,36-,37-,38-/m0/s1. The fourth-order valence-electron chi connectivity index (χ4n) is 8.76. The highest BCUT2D eigenvalue weighted by molar-refractivity contribution is 6.32. The number of rotatable bonds is 11. The molecule has 322 valence electrons. The Kier molecular flexibility index (Phi) is 12.7. The molecule has 7 rings (SSSR count). The van der Waals surface area contributed by atoms with Crippen molar-refractivity contribution in [3.05, 3.63) is 83.7 Å². The molecule has 4 amide bonds. The number of alkyl carbamates (subject to hydrolysis) is 2. The number of hydrogen-bond acceptors (Lipinski definition) is 8. The lowest BCUT2D eigenvalue weighted by Gasteiger charge is -2.32. The number of ether oxygens (including phenoxy) is 2. The number of imidazole rings is 2. The minimum Gasteiger partial charge on any atom is -0.453 e. The molecule has 0 aliphatic carbocycles. The van der Waals surface area contributed by atoms with Gasteiger partial charge in [-0.15, -0.1) is 0 Å². The zero-order valence-electron chi connectivity index (χ0n) is 35.9. The number of carbonyl (C=O) groups excluding carboxylic acids is 4. The van der Waals surface area contributed by atoms with Gasteiger partial charge in [-0.25, -0.2) is 19.6 Å². The largest absolute Gasteiger partial charge is 0.453 e. The smallest absolute Gasteiger partial charge is 0.407 e. The highest BCUT2D eigenvalue weighted by Gasteiger charge is 2.43. The van der Waals surface area contributed by atoms with Gasteiger partial charge in [0.15, 0.2) is 5.15 Å². The van der Waals surface area contributed by atoms with Gasteiger partial charge in [0.25, 0.3) is 0 Å². The molecule has 2 aliphatic rings. The molecule has 2 aromatic heterocycles. The van der Waals surface area contributed by atoms with Crippen LogP contribution in [0.15, 0.2) is 66.9 Å². The van der Waals surface area contributed by atoms with Crippen molar-refractivity contribution >= 4 is 46.4 Å². The maximum Gasteiger partial charge on any atom is 0.407 e. The van der Waals surface area contributed by atoms with Crippen LogP contribution in [0.1, 0.15) is 91.0 Å². The number of carbonyl (C=O) groups is 4. The molecule has 2 saturated heterocycles. The highest BCUT2D eigenvalue weighted by atomic mass is 35.5. The molecule has 0 bridgehead atoms. The molecule has 14 nitrogen and oxygen atoms in total. The number of methoxy groups -OCH3 is 2. The number of H-pyrrole nitrogens is 2. The van der Waals surface area contributed by atoms with Crippen molar-refractivity contribution in [3.63, 3.8) is 0 Å². The lowest BCUT2D eigenvalue weighted by Crippen LogP contribution is -2.52. The predicted molar refractivity (Wildman–Crippen MR) is 234 cm³/mol. The van der Waals surface area contributed by atoms with Crippen LogP contribution in [-0.4, -0.2) is 92.1 Å². The average Bonchev–Trinajstić information content (AvgIpc) is 4.06. The fraction of sp³-hybridized carbons (Fsp3) is 0.435. The van der Waals surface area contributed by atoms with E-state index in [0.717, 1.165) is 58.0 Å². The van der Waals surface area contributed by atoms with Crippen LogP contribution in [0.25, 0.3) is 44.4 Å². The first kappa shape index (κ1) is 43.2. The second-order valence-electron chi connectivity index (χ2n) is 16.9. The Balaban J connectivity index is 1.06. The van der Waals surface area contributed by atoms with Crippen molar-refractivity contribution in [1.29, 1.82) is 0 Å². The van der Waals surface area contributed by atoms with Gasteiger partial charge in [-0.1, -0.05) is 87.8 Å². The molecule has 15 heteroatoms. The number of benzene rings is 3. The molecule has 61 heavy (non-hydrogen) atoms. The van der Waals surface area contributed by atoms with Gasteiger partial charge in [0.05, 0.1) is 43.9 Å². The van der Waals surface area contributed by atoms with E-state index in [0.29, 0.717) is 28.9 Å². The molecule has 6 atom stereocenters. The van der Waals surface area contributed by atoms with E-state index in [1.54, 1.807) is 0 Å². The molecule has 0 saturated carbocycles. The summed E-state index contributed by atoms with van der Waals surface area (Å²) < 4.78 is 9.58. The first-order valence-electron chi connectivity index (χ1n) is 21.0. The summed E-state index contributed by atoms with van der Waals surface area (Å²) in [5, 5.41) is 7.85. The van der Waals surface area contributed by atoms with Gasteiger partial charge >= 0.3 is 12.2 Å². The van der Waals surface area contributed by atoms with Crippen LogP contribution >= 0.6 is 11.6 Å². The average molecular weight is 851 g/mol. The minimum absolute atomic E-state index is 0.00538. The van der Waals surface area contributed by atoms with Crippen molar-refractivity contribution in [3.8, 4) is 33.6 Å². The number of aromatic amines is 2. The van der Waals surface area contributed by atoms with Gasteiger partial charge in [0.1, 0.15) is 23.7 Å². The summed E-state index contributed by atoms with van der Waals surface area (Å²) in [4.78, 5) is 71.8. The Morgan fingerprint density at radius 1 is 0.672 bits per heavy atom. The van der Waals surface area contributed by atoms with E-state index < -0.39 is 24.3 Å². The highest BCUT2D eigenvalue weighted by Crippen LogP contribution is 2.40. The third kappa shape index (κ3) is 8.81. The van der Waals surface area contributed by atoms with E-state index in [-0.39, 0.29) is 47.8 Å². The number of fused-ring (bicyclic) bond motifs is 1. The summed E-state index contributed by atoms with van der Waals surface area (Å²) in [5.74, 6) is 0.730. The third-order valence-electron chi connectivity index (χ3n) is 12.2. The number of nitrogens with one attached hydrogen (secondary N) is 4. The van der Waals surface area contributed by atoms with Crippen molar-refractivity contribution in [2.24, 2.45) is 11.8 Å². The predicted octanol–water partition coefficient (Wildman–Crippen LogP) is 8.81. The molecule has 2 aliphatic heterocycles. The van der Waals surface area contributed by atoms with Crippen LogP contribution in [0.3, 0.4) is 0 Å². The number of amides is 4. The normalized spacial score (nSPS) is 20.0. The van der Waals surface area contributed by atoms with E-state index in [4.69, 9.17) is 31.0 Å². The van der Waals surface area contributed by atoms with Crippen molar-refractivity contribution in [1.82, 2.24) is 40.4 Å². The number of halogens is 1. The lowest BCUT2D eigenvalue weighted by molar-refractivity contribution is -0.138. The first-order valence-corrected chi connectivity index (χ1v) is 21.3.